The Morgan fingerprint density at radius 1 is 1.06 bits per heavy atom. The van der Waals surface area contributed by atoms with Gasteiger partial charge in [0.25, 0.3) is 11.7 Å². The van der Waals surface area contributed by atoms with Crippen LogP contribution in [0.25, 0.3) is 5.69 Å². The molecule has 1 aromatic heterocycles. The Labute approximate surface area is 187 Å². The number of halogens is 3. The molecule has 2 aromatic carbocycles. The Morgan fingerprint density at radius 2 is 1.77 bits per heavy atom. The number of benzene rings is 2. The number of carbonyl (C=O) groups is 1. The van der Waals surface area contributed by atoms with Gasteiger partial charge in [0.2, 0.25) is 0 Å². The molecule has 1 aliphatic rings. The molecule has 2 heterocycles. The van der Waals surface area contributed by atoms with E-state index in [2.05, 4.69) is 20.4 Å². The van der Waals surface area contributed by atoms with Gasteiger partial charge < -0.3 is 4.90 Å². The fourth-order valence-corrected chi connectivity index (χ4v) is 4.17. The number of piperazine rings is 1. The van der Waals surface area contributed by atoms with Crippen molar-refractivity contribution in [2.24, 2.45) is 0 Å². The Balaban J connectivity index is 1.39. The first-order valence-electron chi connectivity index (χ1n) is 9.60. The van der Waals surface area contributed by atoms with Gasteiger partial charge in [-0.25, -0.2) is 0 Å². The summed E-state index contributed by atoms with van der Waals surface area (Å²) in [6, 6.07) is 13.7. The summed E-state index contributed by atoms with van der Waals surface area (Å²) in [5.74, 6) is -2.12. The third-order valence-electron chi connectivity index (χ3n) is 4.96. The van der Waals surface area contributed by atoms with E-state index in [0.717, 1.165) is 5.69 Å². The van der Waals surface area contributed by atoms with Crippen LogP contribution in [0.2, 0.25) is 5.02 Å². The second-order valence-corrected chi connectivity index (χ2v) is 8.39. The van der Waals surface area contributed by atoms with Crippen molar-refractivity contribution in [1.82, 2.24) is 30.0 Å². The van der Waals surface area contributed by atoms with Crippen molar-refractivity contribution in [2.75, 3.05) is 26.2 Å². The van der Waals surface area contributed by atoms with Crippen LogP contribution in [0.4, 0.5) is 8.78 Å². The number of thioether (sulfide) groups is 1. The molecule has 0 saturated carbocycles. The number of nitrogens with zero attached hydrogens (tertiary/aromatic N) is 6. The van der Waals surface area contributed by atoms with Gasteiger partial charge in [-0.2, -0.15) is 13.5 Å². The monoisotopic (exact) mass is 464 g/mol. The van der Waals surface area contributed by atoms with E-state index in [1.54, 1.807) is 46.0 Å². The molecule has 0 atom stereocenters. The van der Waals surface area contributed by atoms with Gasteiger partial charge in [0, 0.05) is 36.1 Å². The van der Waals surface area contributed by atoms with E-state index in [-0.39, 0.29) is 5.91 Å². The first-order valence-corrected chi connectivity index (χ1v) is 10.9. The van der Waals surface area contributed by atoms with E-state index in [4.69, 9.17) is 11.6 Å². The van der Waals surface area contributed by atoms with Crippen molar-refractivity contribution in [2.45, 2.75) is 17.2 Å². The normalized spacial score (nSPS) is 14.9. The van der Waals surface area contributed by atoms with Crippen LogP contribution in [0, 0.1) is 0 Å². The van der Waals surface area contributed by atoms with E-state index in [9.17, 15) is 13.6 Å². The van der Waals surface area contributed by atoms with Gasteiger partial charge in [-0.1, -0.05) is 35.5 Å². The molecule has 31 heavy (non-hydrogen) atoms. The zero-order chi connectivity index (χ0) is 21.8. The number of hydrogen-bond donors (Lipinski definition) is 0. The molecule has 0 radical (unpaired) electrons. The molecule has 1 fully saturated rings. The van der Waals surface area contributed by atoms with Crippen LogP contribution >= 0.6 is 23.4 Å². The Hall–Kier alpha value is -2.56. The minimum atomic E-state index is -2.57. The van der Waals surface area contributed by atoms with E-state index < -0.39 is 5.76 Å². The minimum Gasteiger partial charge on any atom is -0.336 e. The summed E-state index contributed by atoms with van der Waals surface area (Å²) in [6.45, 7) is 2.77. The SMILES string of the molecule is O=C(c1ccccc1SC(F)F)N1CCN(Cc2nnnn2-c2ccc(Cl)cc2)CC1. The fraction of sp³-hybridized carbons (Fsp3) is 0.300. The van der Waals surface area contributed by atoms with Crippen LogP contribution < -0.4 is 0 Å². The standard InChI is InChI=1S/C20H19ClF2N6OS/c21-14-5-7-15(8-6-14)29-18(24-25-26-29)13-27-9-11-28(12-10-27)19(30)16-3-1-2-4-17(16)31-20(22)23/h1-8,20H,9-13H2. The third-order valence-corrected chi connectivity index (χ3v) is 6.00. The van der Waals surface area contributed by atoms with E-state index >= 15 is 0 Å². The average molecular weight is 465 g/mol. The zero-order valence-electron chi connectivity index (χ0n) is 16.4. The van der Waals surface area contributed by atoms with Gasteiger partial charge in [0.15, 0.2) is 5.82 Å². The number of amides is 1. The molecule has 3 aromatic rings. The van der Waals surface area contributed by atoms with Gasteiger partial charge in [0.05, 0.1) is 17.8 Å². The Kier molecular flexibility index (Phi) is 6.79. The van der Waals surface area contributed by atoms with Gasteiger partial charge in [-0.15, -0.1) is 5.10 Å². The maximum atomic E-state index is 12.9. The van der Waals surface area contributed by atoms with Crippen LogP contribution in [0.3, 0.4) is 0 Å². The largest absolute Gasteiger partial charge is 0.336 e. The molecule has 4 rings (SSSR count). The second-order valence-electron chi connectivity index (χ2n) is 6.93. The maximum Gasteiger partial charge on any atom is 0.288 e. The van der Waals surface area contributed by atoms with Gasteiger partial charge >= 0.3 is 0 Å². The molecule has 0 spiro atoms. The van der Waals surface area contributed by atoms with E-state index in [1.807, 2.05) is 12.1 Å². The summed E-state index contributed by atoms with van der Waals surface area (Å²) in [5.41, 5.74) is 1.12. The highest BCUT2D eigenvalue weighted by molar-refractivity contribution is 7.99. The van der Waals surface area contributed by atoms with Crippen molar-refractivity contribution in [1.29, 1.82) is 0 Å². The van der Waals surface area contributed by atoms with Crippen LogP contribution in [0.1, 0.15) is 16.2 Å². The lowest BCUT2D eigenvalue weighted by molar-refractivity contribution is 0.0621. The third kappa shape index (κ3) is 5.20. The smallest absolute Gasteiger partial charge is 0.288 e. The van der Waals surface area contributed by atoms with Gasteiger partial charge in [-0.3, -0.25) is 9.69 Å². The number of alkyl halides is 2. The van der Waals surface area contributed by atoms with Crippen LogP contribution in [-0.4, -0.2) is 67.9 Å². The number of hydrogen-bond acceptors (Lipinski definition) is 6. The van der Waals surface area contributed by atoms with Crippen molar-refractivity contribution in [3.63, 3.8) is 0 Å². The molecule has 1 saturated heterocycles. The van der Waals surface area contributed by atoms with Crippen LogP contribution in [0.5, 0.6) is 0 Å². The molecule has 11 heteroatoms. The highest BCUT2D eigenvalue weighted by Gasteiger charge is 2.25. The highest BCUT2D eigenvalue weighted by atomic mass is 35.5. The molecule has 0 aliphatic carbocycles. The first-order chi connectivity index (χ1) is 15.0. The average Bonchev–Trinajstić information content (AvgIpc) is 3.22. The lowest BCUT2D eigenvalue weighted by atomic mass is 10.2. The quantitative estimate of drug-likeness (QED) is 0.519. The van der Waals surface area contributed by atoms with Crippen molar-refractivity contribution in [3.8, 4) is 5.69 Å². The topological polar surface area (TPSA) is 67.2 Å². The summed E-state index contributed by atoms with van der Waals surface area (Å²) >= 11 is 6.34. The maximum absolute atomic E-state index is 12.9. The van der Waals surface area contributed by atoms with Gasteiger partial charge in [-0.05, 0) is 46.8 Å². The summed E-state index contributed by atoms with van der Waals surface area (Å²) in [5, 5.41) is 12.6. The van der Waals surface area contributed by atoms with E-state index in [0.29, 0.717) is 65.8 Å². The van der Waals surface area contributed by atoms with Crippen LogP contribution in [0.15, 0.2) is 53.4 Å². The first kappa shape index (κ1) is 21.7. The lowest BCUT2D eigenvalue weighted by Crippen LogP contribution is -2.48. The highest BCUT2D eigenvalue weighted by Crippen LogP contribution is 2.29. The summed E-state index contributed by atoms with van der Waals surface area (Å²) in [4.78, 5) is 17.0. The molecule has 162 valence electrons. The molecule has 0 bridgehead atoms. The van der Waals surface area contributed by atoms with Gasteiger partial charge in [0.1, 0.15) is 0 Å². The molecule has 7 nitrogen and oxygen atoms in total. The number of carbonyl (C=O) groups excluding carboxylic acids is 1. The Bertz CT molecular complexity index is 1040. The molecule has 1 amide bonds. The predicted octanol–water partition coefficient (Wildman–Crippen LogP) is 3.59. The molecule has 0 N–H and O–H groups in total. The molecular formula is C20H19ClF2N6OS. The van der Waals surface area contributed by atoms with Crippen molar-refractivity contribution < 1.29 is 13.6 Å². The number of aromatic nitrogens is 4. The second kappa shape index (κ2) is 9.71. The molecule has 0 unspecified atom stereocenters. The fourth-order valence-electron chi connectivity index (χ4n) is 3.41. The summed E-state index contributed by atoms with van der Waals surface area (Å²) in [7, 11) is 0. The number of rotatable bonds is 6. The summed E-state index contributed by atoms with van der Waals surface area (Å²) in [6.07, 6.45) is 0. The van der Waals surface area contributed by atoms with Crippen molar-refractivity contribution in [3.05, 3.63) is 64.9 Å². The molecular weight excluding hydrogens is 446 g/mol. The number of tetrazole rings is 1. The zero-order valence-corrected chi connectivity index (χ0v) is 17.9. The molecule has 1 aliphatic heterocycles. The predicted molar refractivity (Wildman–Crippen MR) is 114 cm³/mol. The van der Waals surface area contributed by atoms with E-state index in [1.165, 1.54) is 0 Å². The van der Waals surface area contributed by atoms with Crippen LogP contribution in [-0.2, 0) is 6.54 Å². The lowest BCUT2D eigenvalue weighted by Gasteiger charge is -2.34. The van der Waals surface area contributed by atoms with Crippen molar-refractivity contribution >= 4 is 29.3 Å². The Morgan fingerprint density at radius 3 is 2.48 bits per heavy atom. The minimum absolute atomic E-state index is 0.227. The summed E-state index contributed by atoms with van der Waals surface area (Å²) < 4.78 is 27.3.